The molecule has 1 aliphatic rings. The summed E-state index contributed by atoms with van der Waals surface area (Å²) in [7, 11) is 0. The van der Waals surface area contributed by atoms with Crippen molar-refractivity contribution < 1.29 is 0 Å². The minimum Gasteiger partial charge on any atom is -0.256 e. The van der Waals surface area contributed by atoms with Crippen molar-refractivity contribution in [3.8, 4) is 0 Å². The van der Waals surface area contributed by atoms with Crippen LogP contribution in [0.15, 0.2) is 22.3 Å². The van der Waals surface area contributed by atoms with Gasteiger partial charge < -0.3 is 0 Å². The quantitative estimate of drug-likeness (QED) is 0.466. The molecule has 1 unspecified atom stereocenters. The van der Waals surface area contributed by atoms with Gasteiger partial charge in [-0.3, -0.25) is 4.99 Å². The fraction of sp³-hybridized carbons (Fsp3) is 0.400. The van der Waals surface area contributed by atoms with Crippen molar-refractivity contribution >= 4 is 6.21 Å². The molecule has 0 saturated heterocycles. The highest BCUT2D eigenvalue weighted by Crippen LogP contribution is 2.15. The van der Waals surface area contributed by atoms with Crippen LogP contribution >= 0.6 is 0 Å². The van der Waals surface area contributed by atoms with E-state index < -0.39 is 5.66 Å². The second-order valence-electron chi connectivity index (χ2n) is 1.82. The van der Waals surface area contributed by atoms with Gasteiger partial charge >= 0.3 is 0 Å². The lowest BCUT2D eigenvalue weighted by molar-refractivity contribution is 0.631. The van der Waals surface area contributed by atoms with E-state index in [1.54, 1.807) is 25.3 Å². The minimum absolute atomic E-state index is 0.806. The fourth-order valence-electron chi connectivity index (χ4n) is 0.516. The monoisotopic (exact) mass is 110 g/mol. The predicted octanol–water partition coefficient (Wildman–Crippen LogP) is 1.11. The number of hydrogen-bond acceptors (Lipinski definition) is 3. The average molecular weight is 110 g/mol. The van der Waals surface area contributed by atoms with E-state index in [0.29, 0.717) is 0 Å². The van der Waals surface area contributed by atoms with Crippen molar-refractivity contribution in [2.45, 2.75) is 12.6 Å². The first kappa shape index (κ1) is 5.15. The Morgan fingerprint density at radius 2 is 2.50 bits per heavy atom. The number of allylic oxidation sites excluding steroid dienone is 1. The normalized spacial score (nSPS) is 33.6. The Kier molecular flexibility index (Phi) is 0.970. The van der Waals surface area contributed by atoms with Gasteiger partial charge in [0.15, 0.2) is 0 Å². The molecular formula is C5H6N2O. The number of nitrogens with zero attached hydrogens (tertiary/aromatic N) is 2. The van der Waals surface area contributed by atoms with Gasteiger partial charge in [0.05, 0.1) is 0 Å². The zero-order valence-corrected chi connectivity index (χ0v) is 4.53. The van der Waals surface area contributed by atoms with E-state index in [0.717, 1.165) is 0 Å². The molecule has 0 fully saturated rings. The molecule has 0 saturated carbocycles. The van der Waals surface area contributed by atoms with Gasteiger partial charge in [-0.25, -0.2) is 0 Å². The Balaban J connectivity index is 2.83. The lowest BCUT2D eigenvalue weighted by Crippen LogP contribution is -2.09. The summed E-state index contributed by atoms with van der Waals surface area (Å²) in [5.41, 5.74) is -0.806. The molecule has 0 spiro atoms. The molecule has 0 N–H and O–H groups in total. The highest BCUT2D eigenvalue weighted by Gasteiger charge is 2.20. The molecule has 1 atom stereocenters. The molecule has 1 rings (SSSR count). The standard InChI is InChI=1S/C5H6N2O/c1-5(7-8)3-2-4-6-5/h2-4H,1H3. The maximum atomic E-state index is 9.91. The van der Waals surface area contributed by atoms with Gasteiger partial charge in [-0.15, -0.1) is 4.91 Å². The number of aliphatic imine (C=N–C) groups is 1. The number of nitroso groups, excluding NO2 is 1. The van der Waals surface area contributed by atoms with Gasteiger partial charge in [-0.2, -0.15) is 0 Å². The van der Waals surface area contributed by atoms with Crippen LogP contribution in [-0.2, 0) is 0 Å². The summed E-state index contributed by atoms with van der Waals surface area (Å²) in [6.07, 6.45) is 4.93. The largest absolute Gasteiger partial charge is 0.256 e. The Bertz CT molecular complexity index is 148. The van der Waals surface area contributed by atoms with Gasteiger partial charge in [0.1, 0.15) is 0 Å². The third-order valence-corrected chi connectivity index (χ3v) is 1.02. The van der Waals surface area contributed by atoms with Gasteiger partial charge in [0, 0.05) is 6.21 Å². The van der Waals surface area contributed by atoms with Crippen LogP contribution in [0.3, 0.4) is 0 Å². The minimum atomic E-state index is -0.806. The van der Waals surface area contributed by atoms with E-state index in [-0.39, 0.29) is 0 Å². The van der Waals surface area contributed by atoms with E-state index in [2.05, 4.69) is 10.2 Å². The SMILES string of the molecule is CC1(N=O)C=CC=N1. The molecule has 0 bridgehead atoms. The van der Waals surface area contributed by atoms with Crippen LogP contribution in [-0.4, -0.2) is 11.9 Å². The number of rotatable bonds is 1. The lowest BCUT2D eigenvalue weighted by Gasteiger charge is -2.03. The molecule has 3 nitrogen and oxygen atoms in total. The summed E-state index contributed by atoms with van der Waals surface area (Å²) >= 11 is 0. The second-order valence-corrected chi connectivity index (χ2v) is 1.82. The summed E-state index contributed by atoms with van der Waals surface area (Å²) in [6, 6.07) is 0. The summed E-state index contributed by atoms with van der Waals surface area (Å²) in [5.74, 6) is 0. The average Bonchev–Trinajstić information content (AvgIpc) is 2.17. The van der Waals surface area contributed by atoms with Crippen LogP contribution in [0.2, 0.25) is 0 Å². The first-order chi connectivity index (χ1) is 3.77. The maximum Gasteiger partial charge on any atom is 0.207 e. The van der Waals surface area contributed by atoms with Gasteiger partial charge in [-0.05, 0) is 24.3 Å². The topological polar surface area (TPSA) is 41.8 Å². The van der Waals surface area contributed by atoms with Crippen LogP contribution in [0.4, 0.5) is 0 Å². The highest BCUT2D eigenvalue weighted by molar-refractivity contribution is 5.75. The molecule has 3 heteroatoms. The molecule has 0 radical (unpaired) electrons. The van der Waals surface area contributed by atoms with Crippen LogP contribution in [0, 0.1) is 4.91 Å². The molecule has 0 aromatic heterocycles. The summed E-state index contributed by atoms with van der Waals surface area (Å²) < 4.78 is 0. The smallest absolute Gasteiger partial charge is 0.207 e. The third kappa shape index (κ3) is 0.665. The van der Waals surface area contributed by atoms with Crippen LogP contribution in [0.1, 0.15) is 6.92 Å². The summed E-state index contributed by atoms with van der Waals surface area (Å²) in [6.45, 7) is 1.65. The van der Waals surface area contributed by atoms with E-state index in [9.17, 15) is 4.91 Å². The Morgan fingerprint density at radius 1 is 1.75 bits per heavy atom. The van der Waals surface area contributed by atoms with Gasteiger partial charge in [0.25, 0.3) is 0 Å². The third-order valence-electron chi connectivity index (χ3n) is 1.02. The maximum absolute atomic E-state index is 9.91. The first-order valence-corrected chi connectivity index (χ1v) is 2.34. The molecule has 0 aliphatic carbocycles. The Hall–Kier alpha value is -0.990. The van der Waals surface area contributed by atoms with Gasteiger partial charge in [0.2, 0.25) is 5.66 Å². The Labute approximate surface area is 47.1 Å². The molecule has 0 aromatic carbocycles. The van der Waals surface area contributed by atoms with E-state index in [4.69, 9.17) is 0 Å². The molecule has 0 aromatic rings. The van der Waals surface area contributed by atoms with E-state index >= 15 is 0 Å². The van der Waals surface area contributed by atoms with Gasteiger partial charge in [-0.1, -0.05) is 0 Å². The van der Waals surface area contributed by atoms with E-state index in [1.165, 1.54) is 0 Å². The number of hydrogen-bond donors (Lipinski definition) is 0. The molecule has 42 valence electrons. The van der Waals surface area contributed by atoms with Crippen molar-refractivity contribution in [3.63, 3.8) is 0 Å². The summed E-state index contributed by atoms with van der Waals surface area (Å²) in [5, 5.41) is 2.78. The fourth-order valence-corrected chi connectivity index (χ4v) is 0.516. The second kappa shape index (κ2) is 1.51. The van der Waals surface area contributed by atoms with Crippen molar-refractivity contribution in [2.75, 3.05) is 0 Å². The predicted molar refractivity (Wildman–Crippen MR) is 31.8 cm³/mol. The van der Waals surface area contributed by atoms with Crippen LogP contribution in [0.5, 0.6) is 0 Å². The van der Waals surface area contributed by atoms with Crippen molar-refractivity contribution in [2.24, 2.45) is 10.2 Å². The zero-order valence-electron chi connectivity index (χ0n) is 4.53. The van der Waals surface area contributed by atoms with Crippen molar-refractivity contribution in [1.29, 1.82) is 0 Å². The van der Waals surface area contributed by atoms with Crippen LogP contribution in [0.25, 0.3) is 0 Å². The van der Waals surface area contributed by atoms with Crippen molar-refractivity contribution in [1.82, 2.24) is 0 Å². The van der Waals surface area contributed by atoms with E-state index in [1.807, 2.05) is 0 Å². The molecule has 1 aliphatic heterocycles. The molecule has 8 heavy (non-hydrogen) atoms. The lowest BCUT2D eigenvalue weighted by atomic mass is 10.2. The zero-order chi connectivity index (χ0) is 6.04. The van der Waals surface area contributed by atoms with Crippen molar-refractivity contribution in [3.05, 3.63) is 17.1 Å². The van der Waals surface area contributed by atoms with Crippen LogP contribution < -0.4 is 0 Å². The highest BCUT2D eigenvalue weighted by atomic mass is 16.3. The summed E-state index contributed by atoms with van der Waals surface area (Å²) in [4.78, 5) is 13.7. The Morgan fingerprint density at radius 3 is 2.75 bits per heavy atom. The first-order valence-electron chi connectivity index (χ1n) is 2.34. The molecular weight excluding hydrogens is 104 g/mol. The molecule has 0 amide bonds. The molecule has 1 heterocycles.